The zero-order chi connectivity index (χ0) is 11.6. The number of ether oxygens (including phenoxy) is 1. The minimum atomic E-state index is -0.459. The molecule has 0 spiro atoms. The standard InChI is InChI=1S/C10H19ClN2O2/c1-10(2,3)15-9(14)13-5-4-7(11)8(12)6-13/h7-8H,4-6,12H2,1-3H3. The fourth-order valence-electron chi connectivity index (χ4n) is 1.45. The molecule has 1 aliphatic rings. The SMILES string of the molecule is CC(C)(C)OC(=O)N1CCC(Cl)C(N)C1. The Morgan fingerprint density at radius 1 is 1.53 bits per heavy atom. The van der Waals surface area contributed by atoms with Crippen molar-refractivity contribution in [3.63, 3.8) is 0 Å². The second-order valence-corrected chi connectivity index (χ2v) is 5.46. The molecule has 0 bridgehead atoms. The Labute approximate surface area is 95.7 Å². The zero-order valence-corrected chi connectivity index (χ0v) is 10.3. The van der Waals surface area contributed by atoms with E-state index < -0.39 is 5.60 Å². The van der Waals surface area contributed by atoms with Gasteiger partial charge in [0.1, 0.15) is 5.60 Å². The maximum Gasteiger partial charge on any atom is 0.410 e. The van der Waals surface area contributed by atoms with Crippen LogP contribution in [0.5, 0.6) is 0 Å². The van der Waals surface area contributed by atoms with Crippen LogP contribution in [-0.4, -0.2) is 41.1 Å². The molecule has 2 N–H and O–H groups in total. The third-order valence-electron chi connectivity index (χ3n) is 2.22. The summed E-state index contributed by atoms with van der Waals surface area (Å²) in [5.41, 5.74) is 5.33. The van der Waals surface area contributed by atoms with E-state index in [-0.39, 0.29) is 17.5 Å². The van der Waals surface area contributed by atoms with E-state index in [0.717, 1.165) is 6.42 Å². The fraction of sp³-hybridized carbons (Fsp3) is 0.900. The number of carbonyl (C=O) groups is 1. The van der Waals surface area contributed by atoms with Crippen LogP contribution in [0.4, 0.5) is 4.79 Å². The van der Waals surface area contributed by atoms with Crippen LogP contribution in [0.15, 0.2) is 0 Å². The molecule has 2 atom stereocenters. The van der Waals surface area contributed by atoms with Crippen molar-refractivity contribution in [3.05, 3.63) is 0 Å². The third-order valence-corrected chi connectivity index (χ3v) is 2.76. The number of hydrogen-bond donors (Lipinski definition) is 1. The average molecular weight is 235 g/mol. The van der Waals surface area contributed by atoms with E-state index in [0.29, 0.717) is 13.1 Å². The first-order valence-electron chi connectivity index (χ1n) is 5.17. The molecular formula is C10H19ClN2O2. The summed E-state index contributed by atoms with van der Waals surface area (Å²) in [7, 11) is 0. The number of amides is 1. The number of nitrogens with two attached hydrogens (primary N) is 1. The van der Waals surface area contributed by atoms with E-state index in [4.69, 9.17) is 22.1 Å². The Morgan fingerprint density at radius 2 is 2.13 bits per heavy atom. The molecule has 0 aromatic carbocycles. The molecule has 15 heavy (non-hydrogen) atoms. The normalized spacial score (nSPS) is 27.7. The van der Waals surface area contributed by atoms with Crippen LogP contribution in [0.2, 0.25) is 0 Å². The summed E-state index contributed by atoms with van der Waals surface area (Å²) in [5, 5.41) is -0.0383. The van der Waals surface area contributed by atoms with Gasteiger partial charge in [-0.2, -0.15) is 0 Å². The van der Waals surface area contributed by atoms with Crippen molar-refractivity contribution >= 4 is 17.7 Å². The maximum absolute atomic E-state index is 11.7. The summed E-state index contributed by atoms with van der Waals surface area (Å²) in [6.45, 7) is 6.64. The number of likely N-dealkylation sites (tertiary alicyclic amines) is 1. The van der Waals surface area contributed by atoms with Crippen LogP contribution in [0.1, 0.15) is 27.2 Å². The van der Waals surface area contributed by atoms with Crippen molar-refractivity contribution in [2.75, 3.05) is 13.1 Å². The summed E-state index contributed by atoms with van der Waals surface area (Å²) in [6.07, 6.45) is 0.420. The molecule has 1 amide bonds. The molecule has 1 saturated heterocycles. The summed E-state index contributed by atoms with van der Waals surface area (Å²) >= 11 is 5.97. The number of carbonyl (C=O) groups excluding carboxylic acids is 1. The number of rotatable bonds is 0. The van der Waals surface area contributed by atoms with E-state index >= 15 is 0 Å². The van der Waals surface area contributed by atoms with Crippen LogP contribution in [0.25, 0.3) is 0 Å². The number of piperidine rings is 1. The molecule has 0 radical (unpaired) electrons. The van der Waals surface area contributed by atoms with Gasteiger partial charge in [-0.05, 0) is 27.2 Å². The van der Waals surface area contributed by atoms with Crippen molar-refractivity contribution in [2.45, 2.75) is 44.2 Å². The molecule has 2 unspecified atom stereocenters. The Bertz CT molecular complexity index is 240. The van der Waals surface area contributed by atoms with Gasteiger partial charge in [-0.1, -0.05) is 0 Å². The van der Waals surface area contributed by atoms with Crippen molar-refractivity contribution < 1.29 is 9.53 Å². The number of nitrogens with zero attached hydrogens (tertiary/aromatic N) is 1. The van der Waals surface area contributed by atoms with Crippen LogP contribution < -0.4 is 5.73 Å². The Hall–Kier alpha value is -0.480. The lowest BCUT2D eigenvalue weighted by atomic mass is 10.1. The number of alkyl halides is 1. The monoisotopic (exact) mass is 234 g/mol. The highest BCUT2D eigenvalue weighted by molar-refractivity contribution is 6.21. The lowest BCUT2D eigenvalue weighted by Crippen LogP contribution is -2.52. The van der Waals surface area contributed by atoms with Crippen molar-refractivity contribution in [1.82, 2.24) is 4.90 Å². The summed E-state index contributed by atoms with van der Waals surface area (Å²) in [6, 6.07) is -0.159. The van der Waals surface area contributed by atoms with Crippen molar-refractivity contribution in [3.8, 4) is 0 Å². The number of hydrogen-bond acceptors (Lipinski definition) is 3. The molecule has 0 saturated carbocycles. The Kier molecular flexibility index (Phi) is 3.84. The van der Waals surface area contributed by atoms with Crippen LogP contribution >= 0.6 is 11.6 Å². The van der Waals surface area contributed by atoms with Crippen LogP contribution in [0.3, 0.4) is 0 Å². The molecule has 1 fully saturated rings. The van der Waals surface area contributed by atoms with E-state index in [9.17, 15) is 4.79 Å². The lowest BCUT2D eigenvalue weighted by molar-refractivity contribution is 0.0203. The van der Waals surface area contributed by atoms with Gasteiger partial charge in [0.25, 0.3) is 0 Å². The summed E-state index contributed by atoms with van der Waals surface area (Å²) in [4.78, 5) is 13.3. The topological polar surface area (TPSA) is 55.6 Å². The highest BCUT2D eigenvalue weighted by Crippen LogP contribution is 2.17. The largest absolute Gasteiger partial charge is 0.444 e. The minimum absolute atomic E-state index is 0.0383. The van der Waals surface area contributed by atoms with E-state index in [1.54, 1.807) is 4.90 Å². The molecule has 0 aromatic rings. The van der Waals surface area contributed by atoms with Crippen LogP contribution in [0, 0.1) is 0 Å². The molecule has 5 heteroatoms. The predicted molar refractivity (Wildman–Crippen MR) is 60.0 cm³/mol. The molecule has 4 nitrogen and oxygen atoms in total. The first-order valence-corrected chi connectivity index (χ1v) is 5.61. The summed E-state index contributed by atoms with van der Waals surface area (Å²) in [5.74, 6) is 0. The first-order chi connectivity index (χ1) is 6.79. The third kappa shape index (κ3) is 3.87. The summed E-state index contributed by atoms with van der Waals surface area (Å²) < 4.78 is 5.25. The molecule has 0 aromatic heterocycles. The zero-order valence-electron chi connectivity index (χ0n) is 9.50. The van der Waals surface area contributed by atoms with Gasteiger partial charge in [-0.3, -0.25) is 0 Å². The van der Waals surface area contributed by atoms with Gasteiger partial charge >= 0.3 is 6.09 Å². The predicted octanol–water partition coefficient (Wildman–Crippen LogP) is 1.56. The van der Waals surface area contributed by atoms with Crippen LogP contribution in [-0.2, 0) is 4.74 Å². The molecular weight excluding hydrogens is 216 g/mol. The van der Waals surface area contributed by atoms with E-state index in [2.05, 4.69) is 0 Å². The van der Waals surface area contributed by atoms with Gasteiger partial charge < -0.3 is 15.4 Å². The van der Waals surface area contributed by atoms with Gasteiger partial charge in [0, 0.05) is 19.1 Å². The second kappa shape index (κ2) is 4.58. The Balaban J connectivity index is 2.48. The van der Waals surface area contributed by atoms with Gasteiger partial charge in [-0.15, -0.1) is 11.6 Å². The molecule has 1 aliphatic heterocycles. The lowest BCUT2D eigenvalue weighted by Gasteiger charge is -2.34. The molecule has 1 heterocycles. The smallest absolute Gasteiger partial charge is 0.410 e. The highest BCUT2D eigenvalue weighted by atomic mass is 35.5. The highest BCUT2D eigenvalue weighted by Gasteiger charge is 2.30. The van der Waals surface area contributed by atoms with Gasteiger partial charge in [0.15, 0.2) is 0 Å². The Morgan fingerprint density at radius 3 is 2.60 bits per heavy atom. The minimum Gasteiger partial charge on any atom is -0.444 e. The molecule has 0 aliphatic carbocycles. The van der Waals surface area contributed by atoms with Gasteiger partial charge in [-0.25, -0.2) is 4.79 Å². The van der Waals surface area contributed by atoms with Crippen molar-refractivity contribution in [1.29, 1.82) is 0 Å². The fourth-order valence-corrected chi connectivity index (χ4v) is 1.62. The number of halogens is 1. The van der Waals surface area contributed by atoms with Gasteiger partial charge in [0.2, 0.25) is 0 Å². The first kappa shape index (κ1) is 12.6. The molecule has 88 valence electrons. The van der Waals surface area contributed by atoms with Crippen molar-refractivity contribution in [2.24, 2.45) is 5.73 Å². The van der Waals surface area contributed by atoms with E-state index in [1.165, 1.54) is 0 Å². The molecule has 1 rings (SSSR count). The average Bonchev–Trinajstić information content (AvgIpc) is 2.06. The maximum atomic E-state index is 11.7. The van der Waals surface area contributed by atoms with E-state index in [1.807, 2.05) is 20.8 Å². The van der Waals surface area contributed by atoms with Gasteiger partial charge in [0.05, 0.1) is 5.38 Å². The second-order valence-electron chi connectivity index (χ2n) is 4.89. The quantitative estimate of drug-likeness (QED) is 0.648.